The number of methoxy groups -OCH3 is 1. The van der Waals surface area contributed by atoms with Gasteiger partial charge in [0.2, 0.25) is 0 Å². The number of benzene rings is 1. The molecule has 0 saturated carbocycles. The maximum atomic E-state index is 5.99. The molecule has 2 rings (SSSR count). The Labute approximate surface area is 108 Å². The highest BCUT2D eigenvalue weighted by molar-refractivity contribution is 5.40. The van der Waals surface area contributed by atoms with Gasteiger partial charge in [-0.05, 0) is 32.0 Å². The van der Waals surface area contributed by atoms with Crippen molar-refractivity contribution >= 4 is 0 Å². The molecule has 4 heteroatoms. The van der Waals surface area contributed by atoms with E-state index in [0.717, 1.165) is 30.9 Å². The van der Waals surface area contributed by atoms with E-state index in [0.29, 0.717) is 6.61 Å². The van der Waals surface area contributed by atoms with E-state index in [9.17, 15) is 0 Å². The molecule has 0 aromatic heterocycles. The quantitative estimate of drug-likeness (QED) is 0.783. The Hall–Kier alpha value is -1.26. The summed E-state index contributed by atoms with van der Waals surface area (Å²) < 4.78 is 16.8. The van der Waals surface area contributed by atoms with Crippen LogP contribution in [0.5, 0.6) is 11.5 Å². The molecule has 100 valence electrons. The van der Waals surface area contributed by atoms with Crippen molar-refractivity contribution in [2.24, 2.45) is 0 Å². The average Bonchev–Trinajstić information content (AvgIpc) is 2.43. The first-order chi connectivity index (χ1) is 8.85. The van der Waals surface area contributed by atoms with E-state index in [1.165, 1.54) is 0 Å². The third-order valence-electron chi connectivity index (χ3n) is 3.21. The number of hydrogen-bond donors (Lipinski definition) is 1. The molecule has 0 amide bonds. The predicted octanol–water partition coefficient (Wildman–Crippen LogP) is 1.84. The van der Waals surface area contributed by atoms with Crippen molar-refractivity contribution in [3.05, 3.63) is 24.3 Å². The van der Waals surface area contributed by atoms with E-state index in [-0.39, 0.29) is 12.1 Å². The maximum absolute atomic E-state index is 5.99. The van der Waals surface area contributed by atoms with Gasteiger partial charge in [0.05, 0.1) is 0 Å². The van der Waals surface area contributed by atoms with E-state index in [1.54, 1.807) is 7.11 Å². The van der Waals surface area contributed by atoms with Gasteiger partial charge in [-0.25, -0.2) is 0 Å². The zero-order chi connectivity index (χ0) is 12.8. The number of fused-ring (bicyclic) bond motifs is 1. The molecule has 0 spiro atoms. The second-order valence-electron chi connectivity index (χ2n) is 4.44. The summed E-state index contributed by atoms with van der Waals surface area (Å²) in [5.41, 5.74) is 0. The maximum Gasteiger partial charge on any atom is 0.161 e. The fourth-order valence-corrected chi connectivity index (χ4v) is 2.20. The third-order valence-corrected chi connectivity index (χ3v) is 3.21. The van der Waals surface area contributed by atoms with Gasteiger partial charge in [-0.15, -0.1) is 0 Å². The lowest BCUT2D eigenvalue weighted by atomic mass is 10.1. The average molecular weight is 251 g/mol. The van der Waals surface area contributed by atoms with E-state index in [2.05, 4.69) is 5.32 Å². The summed E-state index contributed by atoms with van der Waals surface area (Å²) >= 11 is 0. The molecule has 1 aromatic carbocycles. The Balaban J connectivity index is 1.93. The van der Waals surface area contributed by atoms with Crippen LogP contribution in [0.15, 0.2) is 24.3 Å². The van der Waals surface area contributed by atoms with Gasteiger partial charge in [-0.3, -0.25) is 0 Å². The zero-order valence-electron chi connectivity index (χ0n) is 11.0. The van der Waals surface area contributed by atoms with Crippen molar-refractivity contribution in [2.45, 2.75) is 25.0 Å². The molecule has 2 atom stereocenters. The van der Waals surface area contributed by atoms with Crippen LogP contribution in [0.4, 0.5) is 0 Å². The lowest BCUT2D eigenvalue weighted by molar-refractivity contribution is 0.0585. The molecule has 1 aliphatic rings. The molecular weight excluding hydrogens is 230 g/mol. The Morgan fingerprint density at radius 3 is 2.89 bits per heavy atom. The van der Waals surface area contributed by atoms with Gasteiger partial charge in [0.25, 0.3) is 0 Å². The van der Waals surface area contributed by atoms with E-state index >= 15 is 0 Å². The lowest BCUT2D eigenvalue weighted by Crippen LogP contribution is -2.46. The van der Waals surface area contributed by atoms with Gasteiger partial charge in [-0.2, -0.15) is 0 Å². The van der Waals surface area contributed by atoms with Crippen molar-refractivity contribution in [1.29, 1.82) is 0 Å². The van der Waals surface area contributed by atoms with Crippen molar-refractivity contribution in [2.75, 3.05) is 27.4 Å². The Morgan fingerprint density at radius 1 is 1.39 bits per heavy atom. The molecule has 0 saturated heterocycles. The van der Waals surface area contributed by atoms with Crippen LogP contribution in [0, 0.1) is 0 Å². The van der Waals surface area contributed by atoms with Gasteiger partial charge in [0.15, 0.2) is 11.5 Å². The Bertz CT molecular complexity index is 370. The van der Waals surface area contributed by atoms with Gasteiger partial charge in [0, 0.05) is 19.8 Å². The van der Waals surface area contributed by atoms with Crippen LogP contribution in [0.3, 0.4) is 0 Å². The molecule has 0 radical (unpaired) electrons. The molecule has 2 unspecified atom stereocenters. The summed E-state index contributed by atoms with van der Waals surface area (Å²) in [6.07, 6.45) is 2.09. The summed E-state index contributed by atoms with van der Waals surface area (Å²) in [4.78, 5) is 0. The number of ether oxygens (including phenoxy) is 3. The summed E-state index contributed by atoms with van der Waals surface area (Å²) in [6.45, 7) is 1.37. The van der Waals surface area contributed by atoms with Crippen molar-refractivity contribution in [1.82, 2.24) is 5.32 Å². The Morgan fingerprint density at radius 2 is 2.17 bits per heavy atom. The van der Waals surface area contributed by atoms with E-state index in [4.69, 9.17) is 14.2 Å². The normalized spacial score (nSPS) is 19.6. The first kappa shape index (κ1) is 13.2. The molecule has 18 heavy (non-hydrogen) atoms. The minimum absolute atomic E-state index is 0.0572. The van der Waals surface area contributed by atoms with Crippen LogP contribution >= 0.6 is 0 Å². The monoisotopic (exact) mass is 251 g/mol. The van der Waals surface area contributed by atoms with Crippen LogP contribution in [0.25, 0.3) is 0 Å². The fourth-order valence-electron chi connectivity index (χ4n) is 2.20. The highest BCUT2D eigenvalue weighted by Crippen LogP contribution is 2.31. The van der Waals surface area contributed by atoms with Crippen molar-refractivity contribution in [3.63, 3.8) is 0 Å². The third kappa shape index (κ3) is 3.15. The van der Waals surface area contributed by atoms with Crippen LogP contribution < -0.4 is 14.8 Å². The van der Waals surface area contributed by atoms with Crippen molar-refractivity contribution in [3.8, 4) is 11.5 Å². The van der Waals surface area contributed by atoms with Gasteiger partial charge in [0.1, 0.15) is 12.7 Å². The summed E-state index contributed by atoms with van der Waals surface area (Å²) in [5, 5.41) is 3.30. The minimum Gasteiger partial charge on any atom is -0.486 e. The minimum atomic E-state index is 0.0572. The standard InChI is InChI=1S/C14H21NO3/c1-15-11(6-5-9-16-2)14-10-17-12-7-3-4-8-13(12)18-14/h3-4,7-8,11,14-15H,5-6,9-10H2,1-2H3. The fraction of sp³-hybridized carbons (Fsp3) is 0.571. The molecule has 1 N–H and O–H groups in total. The van der Waals surface area contributed by atoms with Crippen LogP contribution in [-0.4, -0.2) is 39.5 Å². The zero-order valence-corrected chi connectivity index (χ0v) is 11.0. The smallest absolute Gasteiger partial charge is 0.161 e. The Kier molecular flexibility index (Phi) is 4.84. The molecule has 0 fully saturated rings. The summed E-state index contributed by atoms with van der Waals surface area (Å²) in [7, 11) is 3.69. The molecule has 0 bridgehead atoms. The number of likely N-dealkylation sites (N-methyl/N-ethyl adjacent to an activating group) is 1. The second kappa shape index (κ2) is 6.61. The van der Waals surface area contributed by atoms with Crippen LogP contribution in [-0.2, 0) is 4.74 Å². The second-order valence-corrected chi connectivity index (χ2v) is 4.44. The van der Waals surface area contributed by atoms with E-state index in [1.807, 2.05) is 31.3 Å². The first-order valence-corrected chi connectivity index (χ1v) is 6.40. The highest BCUT2D eigenvalue weighted by atomic mass is 16.6. The highest BCUT2D eigenvalue weighted by Gasteiger charge is 2.27. The van der Waals surface area contributed by atoms with Crippen LogP contribution in [0.1, 0.15) is 12.8 Å². The molecule has 1 aliphatic heterocycles. The molecule has 1 aromatic rings. The van der Waals surface area contributed by atoms with Gasteiger partial charge in [-0.1, -0.05) is 12.1 Å². The summed E-state index contributed by atoms with van der Waals surface area (Å²) in [6, 6.07) is 8.09. The van der Waals surface area contributed by atoms with E-state index < -0.39 is 0 Å². The predicted molar refractivity (Wildman–Crippen MR) is 70.3 cm³/mol. The number of hydrogen-bond acceptors (Lipinski definition) is 4. The largest absolute Gasteiger partial charge is 0.486 e. The molecule has 0 aliphatic carbocycles. The SMILES string of the molecule is CNC(CCCOC)C1COc2ccccc2O1. The van der Waals surface area contributed by atoms with Crippen LogP contribution in [0.2, 0.25) is 0 Å². The van der Waals surface area contributed by atoms with Gasteiger partial charge < -0.3 is 19.5 Å². The lowest BCUT2D eigenvalue weighted by Gasteiger charge is -2.32. The number of nitrogens with one attached hydrogen (secondary N) is 1. The summed E-state index contributed by atoms with van der Waals surface area (Å²) in [5.74, 6) is 1.67. The molecule has 1 heterocycles. The van der Waals surface area contributed by atoms with Gasteiger partial charge >= 0.3 is 0 Å². The topological polar surface area (TPSA) is 39.7 Å². The number of para-hydroxylation sites is 2. The first-order valence-electron chi connectivity index (χ1n) is 6.40. The molecular formula is C14H21NO3. The van der Waals surface area contributed by atoms with Crippen molar-refractivity contribution < 1.29 is 14.2 Å². The number of rotatable bonds is 6. The molecule has 4 nitrogen and oxygen atoms in total.